The van der Waals surface area contributed by atoms with Crippen molar-refractivity contribution >= 4 is 56.7 Å². The minimum Gasteiger partial charge on any atom is -0.349 e. The first-order valence-corrected chi connectivity index (χ1v) is 10.3. The Hall–Kier alpha value is -2.22. The van der Waals surface area contributed by atoms with Gasteiger partial charge in [0.15, 0.2) is 0 Å². The number of aromatic amines is 1. The van der Waals surface area contributed by atoms with Crippen LogP contribution in [-0.4, -0.2) is 42.0 Å². The van der Waals surface area contributed by atoms with Gasteiger partial charge in [0.1, 0.15) is 10.0 Å². The molecule has 3 N–H and O–H groups in total. The lowest BCUT2D eigenvalue weighted by molar-refractivity contribution is 0.0925. The molecule has 9 heteroatoms. The summed E-state index contributed by atoms with van der Waals surface area (Å²) in [5.41, 5.74) is 3.20. The van der Waals surface area contributed by atoms with Crippen molar-refractivity contribution in [3.05, 3.63) is 56.5 Å². The number of aromatic nitrogens is 1. The number of H-pyrrole nitrogens is 1. The maximum atomic E-state index is 12.8. The number of benzene rings is 1. The van der Waals surface area contributed by atoms with Crippen molar-refractivity contribution in [3.8, 4) is 0 Å². The van der Waals surface area contributed by atoms with E-state index in [2.05, 4.69) is 15.6 Å². The van der Waals surface area contributed by atoms with E-state index in [4.69, 9.17) is 23.2 Å². The normalized spacial score (nSPS) is 18.1. The van der Waals surface area contributed by atoms with Gasteiger partial charge in [-0.3, -0.25) is 4.79 Å². The van der Waals surface area contributed by atoms with Crippen LogP contribution in [0.25, 0.3) is 10.2 Å². The van der Waals surface area contributed by atoms with Crippen LogP contribution in [-0.2, 0) is 6.42 Å². The summed E-state index contributed by atoms with van der Waals surface area (Å²) < 4.78 is 1.32. The quantitative estimate of drug-likeness (QED) is 0.574. The van der Waals surface area contributed by atoms with Crippen molar-refractivity contribution in [3.63, 3.8) is 0 Å². The second-order valence-corrected chi connectivity index (χ2v) is 8.95. The summed E-state index contributed by atoms with van der Waals surface area (Å²) >= 11 is 13.5. The van der Waals surface area contributed by atoms with Crippen LogP contribution < -0.4 is 10.6 Å². The fourth-order valence-corrected chi connectivity index (χ4v) is 4.94. The van der Waals surface area contributed by atoms with E-state index >= 15 is 0 Å². The monoisotopic (exact) mass is 436 g/mol. The predicted molar refractivity (Wildman–Crippen MR) is 113 cm³/mol. The van der Waals surface area contributed by atoms with Crippen LogP contribution in [0, 0.1) is 0 Å². The van der Waals surface area contributed by atoms with Crippen LogP contribution in [0.3, 0.4) is 0 Å². The molecule has 0 saturated carbocycles. The molecule has 0 fully saturated rings. The van der Waals surface area contributed by atoms with Crippen LogP contribution >= 0.6 is 34.5 Å². The molecule has 3 amide bonds. The van der Waals surface area contributed by atoms with Crippen LogP contribution in [0.2, 0.25) is 9.36 Å². The van der Waals surface area contributed by atoms with Crippen molar-refractivity contribution in [1.82, 2.24) is 20.5 Å². The van der Waals surface area contributed by atoms with Crippen molar-refractivity contribution in [2.24, 2.45) is 0 Å². The standard InChI is InChI=1S/C19H18Cl2N4O2S/c1-25(2)19(27)24-15-10-6-4-3-5-9(10)7-11(15)23-18(26)12-8-13-16(22-12)14(20)17(21)28-13/h3-6,8,11,15,22H,7H2,1-2H3,(H,23,26)(H,24,27)/t11-,15-/m0/s1. The zero-order valence-electron chi connectivity index (χ0n) is 15.2. The molecule has 0 spiro atoms. The Morgan fingerprint density at radius 2 is 1.96 bits per heavy atom. The van der Waals surface area contributed by atoms with E-state index in [1.807, 2.05) is 24.3 Å². The third-order valence-corrected chi connectivity index (χ3v) is 6.78. The number of fused-ring (bicyclic) bond motifs is 2. The zero-order valence-corrected chi connectivity index (χ0v) is 17.5. The molecular weight excluding hydrogens is 419 g/mol. The number of hydrogen-bond acceptors (Lipinski definition) is 3. The smallest absolute Gasteiger partial charge is 0.317 e. The summed E-state index contributed by atoms with van der Waals surface area (Å²) in [6, 6.07) is 8.86. The molecule has 1 aliphatic carbocycles. The summed E-state index contributed by atoms with van der Waals surface area (Å²) in [6.07, 6.45) is 0.641. The third kappa shape index (κ3) is 3.34. The van der Waals surface area contributed by atoms with Gasteiger partial charge in [-0.2, -0.15) is 0 Å². The molecular formula is C19H18Cl2N4O2S. The number of rotatable bonds is 3. The number of urea groups is 1. The average Bonchev–Trinajstić information content (AvgIpc) is 3.29. The lowest BCUT2D eigenvalue weighted by Crippen LogP contribution is -2.46. The highest BCUT2D eigenvalue weighted by Gasteiger charge is 2.35. The maximum absolute atomic E-state index is 12.8. The molecule has 0 aliphatic heterocycles. The summed E-state index contributed by atoms with van der Waals surface area (Å²) in [6.45, 7) is 0. The molecule has 146 valence electrons. The van der Waals surface area contributed by atoms with Gasteiger partial charge in [0.05, 0.1) is 27.3 Å². The van der Waals surface area contributed by atoms with Gasteiger partial charge >= 0.3 is 6.03 Å². The van der Waals surface area contributed by atoms with E-state index in [0.29, 0.717) is 27.0 Å². The SMILES string of the molecule is CN(C)C(=O)N[C@H]1c2ccccc2C[C@@H]1NC(=O)c1cc2sc(Cl)c(Cl)c2[nH]1. The van der Waals surface area contributed by atoms with Gasteiger partial charge in [-0.25, -0.2) is 4.79 Å². The molecule has 2 heterocycles. The molecule has 1 aromatic carbocycles. The van der Waals surface area contributed by atoms with Crippen LogP contribution in [0.5, 0.6) is 0 Å². The molecule has 3 aromatic rings. The molecule has 2 aromatic heterocycles. The Balaban J connectivity index is 1.57. The number of thiophene rings is 1. The minimum absolute atomic E-state index is 0.206. The van der Waals surface area contributed by atoms with E-state index in [-0.39, 0.29) is 24.0 Å². The van der Waals surface area contributed by atoms with Crippen LogP contribution in [0.4, 0.5) is 4.79 Å². The third-order valence-electron chi connectivity index (χ3n) is 4.85. The number of amides is 3. The van der Waals surface area contributed by atoms with Crippen LogP contribution in [0.15, 0.2) is 30.3 Å². The maximum Gasteiger partial charge on any atom is 0.317 e. The van der Waals surface area contributed by atoms with E-state index in [1.165, 1.54) is 16.2 Å². The number of halogens is 2. The topological polar surface area (TPSA) is 77.2 Å². The Morgan fingerprint density at radius 3 is 2.68 bits per heavy atom. The average molecular weight is 437 g/mol. The Morgan fingerprint density at radius 1 is 1.21 bits per heavy atom. The fourth-order valence-electron chi connectivity index (χ4n) is 3.46. The van der Waals surface area contributed by atoms with E-state index in [0.717, 1.165) is 15.8 Å². The van der Waals surface area contributed by atoms with Gasteiger partial charge < -0.3 is 20.5 Å². The lowest BCUT2D eigenvalue weighted by atomic mass is 10.1. The molecule has 28 heavy (non-hydrogen) atoms. The molecule has 0 saturated heterocycles. The number of hydrogen-bond donors (Lipinski definition) is 3. The van der Waals surface area contributed by atoms with Crippen molar-refractivity contribution in [2.75, 3.05) is 14.1 Å². The summed E-state index contributed by atoms with van der Waals surface area (Å²) in [5, 5.41) is 6.47. The summed E-state index contributed by atoms with van der Waals surface area (Å²) in [4.78, 5) is 29.6. The number of carbonyl (C=O) groups excluding carboxylic acids is 2. The van der Waals surface area contributed by atoms with Gasteiger partial charge in [-0.1, -0.05) is 47.5 Å². The zero-order chi connectivity index (χ0) is 20.0. The molecule has 0 unspecified atom stereocenters. The number of nitrogens with zero attached hydrogens (tertiary/aromatic N) is 1. The predicted octanol–water partition coefficient (Wildman–Crippen LogP) is 4.20. The molecule has 4 rings (SSSR count). The number of carbonyl (C=O) groups is 2. The largest absolute Gasteiger partial charge is 0.349 e. The molecule has 0 bridgehead atoms. The van der Waals surface area contributed by atoms with Crippen molar-refractivity contribution in [1.29, 1.82) is 0 Å². The highest BCUT2D eigenvalue weighted by atomic mass is 35.5. The Kier molecular flexibility index (Phi) is 4.99. The molecule has 0 radical (unpaired) electrons. The first-order valence-electron chi connectivity index (χ1n) is 8.68. The van der Waals surface area contributed by atoms with Gasteiger partial charge in [0.2, 0.25) is 0 Å². The van der Waals surface area contributed by atoms with E-state index < -0.39 is 0 Å². The highest BCUT2D eigenvalue weighted by Crippen LogP contribution is 2.39. The second kappa shape index (κ2) is 7.31. The van der Waals surface area contributed by atoms with Gasteiger partial charge in [-0.15, -0.1) is 11.3 Å². The van der Waals surface area contributed by atoms with Gasteiger partial charge in [0.25, 0.3) is 5.91 Å². The van der Waals surface area contributed by atoms with Crippen molar-refractivity contribution < 1.29 is 9.59 Å². The Bertz CT molecular complexity index is 1080. The lowest BCUT2D eigenvalue weighted by Gasteiger charge is -2.24. The van der Waals surface area contributed by atoms with Crippen molar-refractivity contribution in [2.45, 2.75) is 18.5 Å². The molecule has 6 nitrogen and oxygen atoms in total. The Labute approximate surface area is 175 Å². The van der Waals surface area contributed by atoms with Gasteiger partial charge in [-0.05, 0) is 23.6 Å². The van der Waals surface area contributed by atoms with Gasteiger partial charge in [0, 0.05) is 14.1 Å². The van der Waals surface area contributed by atoms with E-state index in [1.54, 1.807) is 20.2 Å². The summed E-state index contributed by atoms with van der Waals surface area (Å²) in [7, 11) is 3.37. The number of nitrogens with one attached hydrogen (secondary N) is 3. The molecule has 1 aliphatic rings. The molecule has 2 atom stereocenters. The summed E-state index contributed by atoms with van der Waals surface area (Å²) in [5.74, 6) is -0.252. The second-order valence-electron chi connectivity index (χ2n) is 6.92. The minimum atomic E-state index is -0.302. The fraction of sp³-hybridized carbons (Fsp3) is 0.263. The first-order chi connectivity index (χ1) is 13.3. The highest BCUT2D eigenvalue weighted by molar-refractivity contribution is 7.23. The first kappa shape index (κ1) is 19.1. The van der Waals surface area contributed by atoms with Crippen LogP contribution in [0.1, 0.15) is 27.7 Å². The van der Waals surface area contributed by atoms with E-state index in [9.17, 15) is 9.59 Å².